The molecule has 3 aromatic rings. The summed E-state index contributed by atoms with van der Waals surface area (Å²) >= 11 is 1.10. The predicted octanol–water partition coefficient (Wildman–Crippen LogP) is 4.46. The molecule has 3 rings (SSSR count). The van der Waals surface area contributed by atoms with Gasteiger partial charge >= 0.3 is 12.1 Å². The van der Waals surface area contributed by atoms with Gasteiger partial charge in [0.05, 0.1) is 18.4 Å². The summed E-state index contributed by atoms with van der Waals surface area (Å²) in [5, 5.41) is 4.12. The average Bonchev–Trinajstić information content (AvgIpc) is 3.30. The quantitative estimate of drug-likeness (QED) is 0.659. The van der Waals surface area contributed by atoms with E-state index in [1.54, 1.807) is 5.38 Å². The smallest absolute Gasteiger partial charge is 0.416 e. The first-order chi connectivity index (χ1) is 12.8. The number of halogens is 3. The van der Waals surface area contributed by atoms with Crippen LogP contribution in [0.4, 0.5) is 18.9 Å². The number of carbonyl (C=O) groups is 2. The average molecular weight is 396 g/mol. The number of alkyl halides is 3. The van der Waals surface area contributed by atoms with Crippen LogP contribution in [0.15, 0.2) is 46.4 Å². The molecule has 140 valence electrons. The van der Waals surface area contributed by atoms with Crippen LogP contribution >= 0.6 is 11.3 Å². The second-order valence-electron chi connectivity index (χ2n) is 5.22. The van der Waals surface area contributed by atoms with Crippen molar-refractivity contribution in [2.45, 2.75) is 6.18 Å². The van der Waals surface area contributed by atoms with Crippen LogP contribution in [0.5, 0.6) is 0 Å². The molecule has 0 atom stereocenters. The largest absolute Gasteiger partial charge is 0.465 e. The van der Waals surface area contributed by atoms with E-state index in [2.05, 4.69) is 15.0 Å². The Morgan fingerprint density at radius 2 is 1.89 bits per heavy atom. The predicted molar refractivity (Wildman–Crippen MR) is 90.6 cm³/mol. The molecule has 27 heavy (non-hydrogen) atoms. The van der Waals surface area contributed by atoms with Crippen LogP contribution < -0.4 is 5.32 Å². The Morgan fingerprint density at radius 1 is 1.19 bits per heavy atom. The highest BCUT2D eigenvalue weighted by atomic mass is 32.1. The van der Waals surface area contributed by atoms with Gasteiger partial charge in [-0.2, -0.15) is 13.2 Å². The molecular weight excluding hydrogens is 385 g/mol. The lowest BCUT2D eigenvalue weighted by atomic mass is 10.1. The van der Waals surface area contributed by atoms with E-state index in [-0.39, 0.29) is 27.7 Å². The molecule has 0 aliphatic rings. The molecule has 6 nitrogen and oxygen atoms in total. The molecule has 0 aliphatic carbocycles. The molecule has 2 heterocycles. The lowest BCUT2D eigenvalue weighted by molar-refractivity contribution is -0.137. The number of carbonyl (C=O) groups excluding carboxylic acids is 2. The number of aromatic nitrogens is 1. The fourth-order valence-corrected chi connectivity index (χ4v) is 2.92. The fourth-order valence-electron chi connectivity index (χ4n) is 2.16. The van der Waals surface area contributed by atoms with Gasteiger partial charge in [0.2, 0.25) is 5.89 Å². The number of nitrogens with zero attached hydrogens (tertiary/aromatic N) is 1. The second-order valence-corrected chi connectivity index (χ2v) is 6.14. The van der Waals surface area contributed by atoms with Gasteiger partial charge in [0.15, 0.2) is 5.69 Å². The van der Waals surface area contributed by atoms with Crippen molar-refractivity contribution in [2.75, 3.05) is 12.4 Å². The maximum Gasteiger partial charge on any atom is 0.416 e. The number of amides is 1. The number of hydrogen-bond acceptors (Lipinski definition) is 6. The third-order valence-corrected chi connectivity index (χ3v) is 4.37. The Labute approximate surface area is 154 Å². The van der Waals surface area contributed by atoms with Gasteiger partial charge in [0, 0.05) is 5.56 Å². The Kier molecular flexibility index (Phi) is 5.00. The molecule has 2 aromatic heterocycles. The van der Waals surface area contributed by atoms with E-state index in [0.717, 1.165) is 29.7 Å². The molecular formula is C17H11F3N2O4S. The van der Waals surface area contributed by atoms with Crippen LogP contribution in [0.3, 0.4) is 0 Å². The zero-order chi connectivity index (χ0) is 19.6. The van der Waals surface area contributed by atoms with Crippen LogP contribution in [0.1, 0.15) is 25.7 Å². The SMILES string of the molecule is COC(=O)c1sccc1NC(=O)c1coc(-c2ccc(C(F)(F)F)cc2)n1. The van der Waals surface area contributed by atoms with E-state index in [1.807, 2.05) is 0 Å². The number of oxazole rings is 1. The topological polar surface area (TPSA) is 81.4 Å². The van der Waals surface area contributed by atoms with Crippen molar-refractivity contribution in [2.24, 2.45) is 0 Å². The highest BCUT2D eigenvalue weighted by Crippen LogP contribution is 2.31. The van der Waals surface area contributed by atoms with Gasteiger partial charge in [0.1, 0.15) is 11.1 Å². The number of thiophene rings is 1. The molecule has 1 N–H and O–H groups in total. The first-order valence-corrected chi connectivity index (χ1v) is 8.28. The summed E-state index contributed by atoms with van der Waals surface area (Å²) in [4.78, 5) is 28.1. The number of esters is 1. The number of benzene rings is 1. The Balaban J connectivity index is 1.77. The maximum absolute atomic E-state index is 12.6. The van der Waals surface area contributed by atoms with Crippen molar-refractivity contribution in [3.8, 4) is 11.5 Å². The van der Waals surface area contributed by atoms with Gasteiger partial charge in [-0.15, -0.1) is 11.3 Å². The molecule has 0 spiro atoms. The first kappa shape index (κ1) is 18.6. The lowest BCUT2D eigenvalue weighted by Gasteiger charge is -2.06. The fraction of sp³-hybridized carbons (Fsp3) is 0.118. The van der Waals surface area contributed by atoms with Crippen molar-refractivity contribution < 1.29 is 31.9 Å². The van der Waals surface area contributed by atoms with Crippen LogP contribution in [-0.4, -0.2) is 24.0 Å². The zero-order valence-corrected chi connectivity index (χ0v) is 14.5. The summed E-state index contributed by atoms with van der Waals surface area (Å²) in [6, 6.07) is 5.72. The molecule has 0 unspecified atom stereocenters. The van der Waals surface area contributed by atoms with E-state index in [4.69, 9.17) is 4.42 Å². The van der Waals surface area contributed by atoms with Crippen LogP contribution in [0, 0.1) is 0 Å². The highest BCUT2D eigenvalue weighted by Gasteiger charge is 2.30. The number of anilines is 1. The molecule has 0 saturated carbocycles. The van der Waals surface area contributed by atoms with Gasteiger partial charge in [-0.1, -0.05) is 0 Å². The molecule has 0 saturated heterocycles. The van der Waals surface area contributed by atoms with Crippen LogP contribution in [0.2, 0.25) is 0 Å². The second kappa shape index (κ2) is 7.23. The van der Waals surface area contributed by atoms with E-state index >= 15 is 0 Å². The Bertz CT molecular complexity index is 977. The minimum Gasteiger partial charge on any atom is -0.465 e. The van der Waals surface area contributed by atoms with Crippen molar-refractivity contribution in [1.29, 1.82) is 0 Å². The number of nitrogens with one attached hydrogen (secondary N) is 1. The van der Waals surface area contributed by atoms with Gasteiger partial charge in [-0.05, 0) is 35.7 Å². The lowest BCUT2D eigenvalue weighted by Crippen LogP contribution is -2.14. The third kappa shape index (κ3) is 4.00. The third-order valence-electron chi connectivity index (χ3n) is 3.48. The van der Waals surface area contributed by atoms with E-state index in [9.17, 15) is 22.8 Å². The Morgan fingerprint density at radius 3 is 2.52 bits per heavy atom. The van der Waals surface area contributed by atoms with Gasteiger partial charge in [0.25, 0.3) is 5.91 Å². The van der Waals surface area contributed by atoms with E-state index in [1.165, 1.54) is 25.3 Å². The monoisotopic (exact) mass is 396 g/mol. The minimum absolute atomic E-state index is 0.00705. The van der Waals surface area contributed by atoms with Gasteiger partial charge in [-0.3, -0.25) is 4.79 Å². The highest BCUT2D eigenvalue weighted by molar-refractivity contribution is 7.12. The minimum atomic E-state index is -4.45. The standard InChI is InChI=1S/C17H11F3N2O4S/c1-25-16(24)13-11(6-7-27-13)21-14(23)12-8-26-15(22-12)9-2-4-10(5-3-9)17(18,19)20/h2-8H,1H3,(H,21,23). The number of hydrogen-bond donors (Lipinski definition) is 1. The van der Waals surface area contributed by atoms with Gasteiger partial charge < -0.3 is 14.5 Å². The molecule has 10 heteroatoms. The molecule has 0 fully saturated rings. The molecule has 0 bridgehead atoms. The molecule has 1 aromatic carbocycles. The van der Waals surface area contributed by atoms with Gasteiger partial charge in [-0.25, -0.2) is 9.78 Å². The maximum atomic E-state index is 12.6. The van der Waals surface area contributed by atoms with Crippen molar-refractivity contribution in [3.63, 3.8) is 0 Å². The summed E-state index contributed by atoms with van der Waals surface area (Å²) in [7, 11) is 1.22. The first-order valence-electron chi connectivity index (χ1n) is 7.40. The van der Waals surface area contributed by atoms with Crippen LogP contribution in [-0.2, 0) is 10.9 Å². The molecule has 1 amide bonds. The van der Waals surface area contributed by atoms with Crippen molar-refractivity contribution in [1.82, 2.24) is 4.98 Å². The van der Waals surface area contributed by atoms with E-state index < -0.39 is 23.6 Å². The summed E-state index contributed by atoms with van der Waals surface area (Å²) in [5.41, 5.74) is -0.348. The number of rotatable bonds is 4. The molecule has 0 radical (unpaired) electrons. The summed E-state index contributed by atoms with van der Waals surface area (Å²) in [6.45, 7) is 0. The van der Waals surface area contributed by atoms with Crippen LogP contribution in [0.25, 0.3) is 11.5 Å². The normalized spacial score (nSPS) is 11.3. The summed E-state index contributed by atoms with van der Waals surface area (Å²) in [6.07, 6.45) is -3.37. The summed E-state index contributed by atoms with van der Waals surface area (Å²) in [5.74, 6) is -1.24. The summed E-state index contributed by atoms with van der Waals surface area (Å²) < 4.78 is 47.6. The number of methoxy groups -OCH3 is 1. The van der Waals surface area contributed by atoms with Crippen molar-refractivity contribution >= 4 is 28.9 Å². The molecule has 0 aliphatic heterocycles. The van der Waals surface area contributed by atoms with Crippen molar-refractivity contribution in [3.05, 3.63) is 58.1 Å². The Hall–Kier alpha value is -3.14. The van der Waals surface area contributed by atoms with E-state index in [0.29, 0.717) is 0 Å². The zero-order valence-electron chi connectivity index (χ0n) is 13.7. The number of ether oxygens (including phenoxy) is 1.